The van der Waals surface area contributed by atoms with Crippen molar-refractivity contribution in [1.29, 1.82) is 0 Å². The van der Waals surface area contributed by atoms with Gasteiger partial charge in [0.2, 0.25) is 0 Å². The molecule has 0 amide bonds. The number of carboxylic acid groups (broad SMARTS) is 1. The van der Waals surface area contributed by atoms with Crippen molar-refractivity contribution in [2.75, 3.05) is 18.0 Å². The van der Waals surface area contributed by atoms with Crippen LogP contribution < -0.4 is 4.90 Å². The number of benzene rings is 1. The van der Waals surface area contributed by atoms with Crippen molar-refractivity contribution in [1.82, 2.24) is 0 Å². The van der Waals surface area contributed by atoms with E-state index >= 15 is 0 Å². The molecular formula is C14H17NO2. The summed E-state index contributed by atoms with van der Waals surface area (Å²) < 4.78 is 0. The second kappa shape index (κ2) is 5.04. The van der Waals surface area contributed by atoms with Crippen LogP contribution in [0.25, 0.3) is 0 Å². The minimum absolute atomic E-state index is 0.698. The number of aryl methyl sites for hydroxylation is 1. The molecule has 90 valence electrons. The molecule has 0 fully saturated rings. The predicted octanol–water partition coefficient (Wildman–Crippen LogP) is 2.47. The molecule has 1 heterocycles. The number of hydrogen-bond donors (Lipinski definition) is 1. The van der Waals surface area contributed by atoms with Crippen LogP contribution in [0, 0.1) is 0 Å². The van der Waals surface area contributed by atoms with Gasteiger partial charge in [0.05, 0.1) is 0 Å². The zero-order chi connectivity index (χ0) is 12.3. The Kier molecular flexibility index (Phi) is 3.47. The third-order valence-electron chi connectivity index (χ3n) is 3.02. The van der Waals surface area contributed by atoms with Crippen LogP contribution in [0.15, 0.2) is 35.9 Å². The molecule has 3 heteroatoms. The van der Waals surface area contributed by atoms with Gasteiger partial charge in [0.25, 0.3) is 0 Å². The third kappa shape index (κ3) is 2.87. The monoisotopic (exact) mass is 231 g/mol. The molecule has 1 aromatic carbocycles. The Morgan fingerprint density at radius 1 is 1.47 bits per heavy atom. The number of carbonyl (C=O) groups is 1. The van der Waals surface area contributed by atoms with Crippen molar-refractivity contribution in [3.63, 3.8) is 0 Å². The van der Waals surface area contributed by atoms with E-state index < -0.39 is 5.97 Å². The Bertz CT molecular complexity index is 451. The molecule has 3 nitrogen and oxygen atoms in total. The lowest BCUT2D eigenvalue weighted by Crippen LogP contribution is -2.30. The zero-order valence-electron chi connectivity index (χ0n) is 10.0. The van der Waals surface area contributed by atoms with E-state index in [1.165, 1.54) is 17.3 Å². The van der Waals surface area contributed by atoms with Gasteiger partial charge in [-0.15, -0.1) is 0 Å². The fourth-order valence-corrected chi connectivity index (χ4v) is 2.33. The van der Waals surface area contributed by atoms with Crippen molar-refractivity contribution in [3.8, 4) is 0 Å². The summed E-state index contributed by atoms with van der Waals surface area (Å²) in [6, 6.07) is 8.36. The van der Waals surface area contributed by atoms with Crippen LogP contribution in [-0.4, -0.2) is 24.2 Å². The SMILES string of the molecule is CC(=CC(=O)O)CN1CCCc2ccccc21. The van der Waals surface area contributed by atoms with Gasteiger partial charge in [-0.1, -0.05) is 18.2 Å². The van der Waals surface area contributed by atoms with E-state index in [2.05, 4.69) is 23.1 Å². The smallest absolute Gasteiger partial charge is 0.328 e. The summed E-state index contributed by atoms with van der Waals surface area (Å²) in [5.74, 6) is -0.868. The molecule has 0 atom stereocenters. The number of nitrogens with zero attached hydrogens (tertiary/aromatic N) is 1. The average molecular weight is 231 g/mol. The second-order valence-corrected chi connectivity index (χ2v) is 4.48. The van der Waals surface area contributed by atoms with Gasteiger partial charge >= 0.3 is 5.97 Å². The van der Waals surface area contributed by atoms with Crippen LogP contribution in [0.5, 0.6) is 0 Å². The summed E-state index contributed by atoms with van der Waals surface area (Å²) in [7, 11) is 0. The zero-order valence-corrected chi connectivity index (χ0v) is 10.0. The minimum atomic E-state index is -0.868. The molecule has 0 saturated carbocycles. The molecule has 1 aliphatic rings. The van der Waals surface area contributed by atoms with Crippen LogP contribution in [-0.2, 0) is 11.2 Å². The normalized spacial score (nSPS) is 15.6. The molecule has 0 saturated heterocycles. The van der Waals surface area contributed by atoms with Crippen LogP contribution in [0.4, 0.5) is 5.69 Å². The Morgan fingerprint density at radius 2 is 2.24 bits per heavy atom. The third-order valence-corrected chi connectivity index (χ3v) is 3.02. The molecule has 1 aliphatic heterocycles. The largest absolute Gasteiger partial charge is 0.478 e. The van der Waals surface area contributed by atoms with Gasteiger partial charge in [0, 0.05) is 24.9 Å². The molecule has 0 aliphatic carbocycles. The predicted molar refractivity (Wildman–Crippen MR) is 68.4 cm³/mol. The standard InChI is InChI=1S/C14H17NO2/c1-11(9-14(16)17)10-15-8-4-6-12-5-2-3-7-13(12)15/h2-3,5,7,9H,4,6,8,10H2,1H3,(H,16,17). The second-order valence-electron chi connectivity index (χ2n) is 4.48. The quantitative estimate of drug-likeness (QED) is 0.812. The maximum absolute atomic E-state index is 10.6. The number of hydrogen-bond acceptors (Lipinski definition) is 2. The molecule has 0 aromatic heterocycles. The number of anilines is 1. The Balaban J connectivity index is 2.16. The number of fused-ring (bicyclic) bond motifs is 1. The minimum Gasteiger partial charge on any atom is -0.478 e. The van der Waals surface area contributed by atoms with E-state index in [1.807, 2.05) is 13.0 Å². The Labute approximate surface area is 101 Å². The van der Waals surface area contributed by atoms with E-state index in [1.54, 1.807) is 0 Å². The van der Waals surface area contributed by atoms with Gasteiger partial charge in [-0.3, -0.25) is 0 Å². The van der Waals surface area contributed by atoms with Gasteiger partial charge in [0.1, 0.15) is 0 Å². The average Bonchev–Trinajstić information content (AvgIpc) is 2.28. The molecule has 0 bridgehead atoms. The molecule has 1 aromatic rings. The first-order valence-electron chi connectivity index (χ1n) is 5.90. The number of para-hydroxylation sites is 1. The number of rotatable bonds is 3. The first-order chi connectivity index (χ1) is 8.16. The lowest BCUT2D eigenvalue weighted by atomic mass is 10.0. The van der Waals surface area contributed by atoms with Crippen molar-refractivity contribution < 1.29 is 9.90 Å². The lowest BCUT2D eigenvalue weighted by Gasteiger charge is -2.31. The summed E-state index contributed by atoms with van der Waals surface area (Å²) in [6.45, 7) is 3.57. The molecule has 1 N–H and O–H groups in total. The summed E-state index contributed by atoms with van der Waals surface area (Å²) in [5, 5.41) is 8.71. The fourth-order valence-electron chi connectivity index (χ4n) is 2.33. The van der Waals surface area contributed by atoms with Crippen LogP contribution in [0.2, 0.25) is 0 Å². The molecule has 2 rings (SSSR count). The summed E-state index contributed by atoms with van der Waals surface area (Å²) in [6.07, 6.45) is 3.54. The van der Waals surface area contributed by atoms with E-state index in [4.69, 9.17) is 5.11 Å². The van der Waals surface area contributed by atoms with Crippen LogP contribution >= 0.6 is 0 Å². The maximum atomic E-state index is 10.6. The highest BCUT2D eigenvalue weighted by Crippen LogP contribution is 2.27. The number of aliphatic carboxylic acids is 1. The fraction of sp³-hybridized carbons (Fsp3) is 0.357. The summed E-state index contributed by atoms with van der Waals surface area (Å²) >= 11 is 0. The Hall–Kier alpha value is -1.77. The van der Waals surface area contributed by atoms with Crippen LogP contribution in [0.3, 0.4) is 0 Å². The maximum Gasteiger partial charge on any atom is 0.328 e. The van der Waals surface area contributed by atoms with Crippen LogP contribution in [0.1, 0.15) is 18.9 Å². The first kappa shape index (κ1) is 11.7. The van der Waals surface area contributed by atoms with Gasteiger partial charge < -0.3 is 10.0 Å². The molecule has 17 heavy (non-hydrogen) atoms. The lowest BCUT2D eigenvalue weighted by molar-refractivity contribution is -0.131. The summed E-state index contributed by atoms with van der Waals surface area (Å²) in [5.41, 5.74) is 3.49. The van der Waals surface area contributed by atoms with Gasteiger partial charge in [-0.05, 0) is 37.0 Å². The number of carboxylic acids is 1. The summed E-state index contributed by atoms with van der Waals surface area (Å²) in [4.78, 5) is 12.9. The van der Waals surface area contributed by atoms with Crippen molar-refractivity contribution in [2.45, 2.75) is 19.8 Å². The van der Waals surface area contributed by atoms with Gasteiger partial charge in [-0.25, -0.2) is 4.79 Å². The molecular weight excluding hydrogens is 214 g/mol. The van der Waals surface area contributed by atoms with Gasteiger partial charge in [0.15, 0.2) is 0 Å². The first-order valence-corrected chi connectivity index (χ1v) is 5.90. The Morgan fingerprint density at radius 3 is 3.00 bits per heavy atom. The topological polar surface area (TPSA) is 40.5 Å². The highest BCUT2D eigenvalue weighted by Gasteiger charge is 2.16. The van der Waals surface area contributed by atoms with Crippen molar-refractivity contribution in [3.05, 3.63) is 41.5 Å². The van der Waals surface area contributed by atoms with E-state index in [-0.39, 0.29) is 0 Å². The van der Waals surface area contributed by atoms with E-state index in [9.17, 15) is 4.79 Å². The van der Waals surface area contributed by atoms with Crippen molar-refractivity contribution >= 4 is 11.7 Å². The molecule has 0 unspecified atom stereocenters. The molecule has 0 spiro atoms. The van der Waals surface area contributed by atoms with Crippen molar-refractivity contribution in [2.24, 2.45) is 0 Å². The highest BCUT2D eigenvalue weighted by atomic mass is 16.4. The van der Waals surface area contributed by atoms with E-state index in [0.29, 0.717) is 6.54 Å². The highest BCUT2D eigenvalue weighted by molar-refractivity contribution is 5.80. The van der Waals surface area contributed by atoms with E-state index in [0.717, 1.165) is 25.0 Å². The van der Waals surface area contributed by atoms with Gasteiger partial charge in [-0.2, -0.15) is 0 Å². The molecule has 0 radical (unpaired) electrons.